The molecule has 8 rings (SSSR count). The van der Waals surface area contributed by atoms with E-state index in [1.54, 1.807) is 25.3 Å². The predicted octanol–water partition coefficient (Wildman–Crippen LogP) is 9.94. The lowest BCUT2D eigenvalue weighted by atomic mass is 9.68. The number of fused-ring (bicyclic) bond motifs is 4. The van der Waals surface area contributed by atoms with Gasteiger partial charge in [-0.3, -0.25) is 14.4 Å². The molecule has 4 N–H and O–H groups in total. The Morgan fingerprint density at radius 2 is 1.70 bits per heavy atom. The molecule has 0 unspecified atom stereocenters. The molecule has 3 aromatic carbocycles. The fourth-order valence-corrected chi connectivity index (χ4v) is 11.1. The summed E-state index contributed by atoms with van der Waals surface area (Å²) in [6.45, 7) is 15.7. The number of aromatic amines is 1. The average Bonchev–Trinajstić information content (AvgIpc) is 3.27. The van der Waals surface area contributed by atoms with E-state index in [9.17, 15) is 19.5 Å². The summed E-state index contributed by atoms with van der Waals surface area (Å²) in [5.74, 6) is 0.374. The van der Waals surface area contributed by atoms with E-state index >= 15 is 0 Å². The molecule has 1 atom stereocenters. The molecule has 1 saturated carbocycles. The number of anilines is 1. The van der Waals surface area contributed by atoms with Gasteiger partial charge in [0.1, 0.15) is 11.5 Å². The van der Waals surface area contributed by atoms with Gasteiger partial charge in [-0.2, -0.15) is 0 Å². The SMILES string of the molecule is COc1cc(NC(=O)CCCc2cccc(C3(C(=O)OCC45CCN(CC4)CC5)CCCCC3)c2)c(Cl)cc1CNC[C@@H](O[Si](C)(C)C(C)(C)C)c1ccc(O)c2[nH]c(=O)ccc12. The van der Waals surface area contributed by atoms with E-state index in [-0.39, 0.29) is 33.6 Å². The van der Waals surface area contributed by atoms with E-state index < -0.39 is 19.8 Å². The third-order valence-electron chi connectivity index (χ3n) is 14.6. The van der Waals surface area contributed by atoms with Crippen molar-refractivity contribution in [3.63, 3.8) is 0 Å². The number of rotatable bonds is 17. The highest BCUT2D eigenvalue weighted by molar-refractivity contribution is 6.74. The van der Waals surface area contributed by atoms with Crippen LogP contribution in [0.2, 0.25) is 23.2 Å². The quantitative estimate of drug-likeness (QED) is 0.0602. The maximum absolute atomic E-state index is 14.1. The van der Waals surface area contributed by atoms with Crippen LogP contribution in [-0.4, -0.2) is 75.1 Å². The van der Waals surface area contributed by atoms with Crippen molar-refractivity contribution in [1.29, 1.82) is 0 Å². The highest BCUT2D eigenvalue weighted by atomic mass is 35.5. The van der Waals surface area contributed by atoms with Crippen molar-refractivity contribution in [2.45, 2.75) is 128 Å². The number of hydrogen-bond acceptors (Lipinski definition) is 9. The van der Waals surface area contributed by atoms with Crippen LogP contribution in [0.3, 0.4) is 0 Å². The minimum atomic E-state index is -2.28. The molecule has 4 heterocycles. The number of piperidine rings is 3. The summed E-state index contributed by atoms with van der Waals surface area (Å²) in [4.78, 5) is 44.8. The molecular formula is C50H67ClN4O7Si. The van der Waals surface area contributed by atoms with E-state index in [0.29, 0.717) is 66.3 Å². The van der Waals surface area contributed by atoms with E-state index in [4.69, 9.17) is 25.5 Å². The average molecular weight is 900 g/mol. The third-order valence-corrected chi connectivity index (χ3v) is 19.4. The fraction of sp³-hybridized carbons (Fsp3) is 0.540. The van der Waals surface area contributed by atoms with E-state index in [0.717, 1.165) is 93.3 Å². The zero-order chi connectivity index (χ0) is 45.0. The van der Waals surface area contributed by atoms with E-state index in [1.807, 2.05) is 18.2 Å². The molecule has 3 saturated heterocycles. The molecule has 0 radical (unpaired) electrons. The number of hydrogen-bond donors (Lipinski definition) is 4. The lowest BCUT2D eigenvalue weighted by Crippen LogP contribution is -2.51. The highest BCUT2D eigenvalue weighted by Crippen LogP contribution is 2.45. The molecule has 0 spiro atoms. The number of nitrogens with one attached hydrogen (secondary N) is 3. The van der Waals surface area contributed by atoms with Gasteiger partial charge < -0.3 is 39.5 Å². The molecule has 63 heavy (non-hydrogen) atoms. The summed E-state index contributed by atoms with van der Waals surface area (Å²) in [7, 11) is -0.685. The van der Waals surface area contributed by atoms with Gasteiger partial charge in [-0.1, -0.05) is 82.0 Å². The molecule has 4 aliphatic rings. The minimum absolute atomic E-state index is 0.000576. The van der Waals surface area contributed by atoms with Gasteiger partial charge in [0.25, 0.3) is 0 Å². The van der Waals surface area contributed by atoms with Crippen molar-refractivity contribution in [2.75, 3.05) is 45.2 Å². The number of aromatic hydroxyl groups is 1. The Balaban J connectivity index is 0.966. The second-order valence-corrected chi connectivity index (χ2v) is 25.0. The van der Waals surface area contributed by atoms with Crippen LogP contribution in [0.15, 0.2) is 65.5 Å². The van der Waals surface area contributed by atoms with Crippen molar-refractivity contribution < 1.29 is 28.6 Å². The first-order valence-corrected chi connectivity index (χ1v) is 26.2. The Morgan fingerprint density at radius 3 is 2.40 bits per heavy atom. The molecule has 11 nitrogen and oxygen atoms in total. The maximum atomic E-state index is 14.1. The van der Waals surface area contributed by atoms with Crippen LogP contribution in [0.1, 0.15) is 113 Å². The van der Waals surface area contributed by atoms with Crippen LogP contribution in [0, 0.1) is 5.41 Å². The largest absolute Gasteiger partial charge is 0.506 e. The number of halogens is 1. The molecule has 4 aromatic rings. The van der Waals surface area contributed by atoms with Crippen molar-refractivity contribution >= 4 is 48.4 Å². The number of esters is 1. The van der Waals surface area contributed by atoms with Crippen LogP contribution < -0.4 is 20.9 Å². The number of carbonyl (C=O) groups is 2. The summed E-state index contributed by atoms with van der Waals surface area (Å²) in [6, 6.07) is 18.6. The van der Waals surface area contributed by atoms with Gasteiger partial charge in [-0.05, 0) is 118 Å². The summed E-state index contributed by atoms with van der Waals surface area (Å²) in [5.41, 5.74) is 3.91. The predicted molar refractivity (Wildman–Crippen MR) is 253 cm³/mol. The lowest BCUT2D eigenvalue weighted by Gasteiger charge is -2.48. The van der Waals surface area contributed by atoms with Crippen LogP contribution in [-0.2, 0) is 37.1 Å². The highest BCUT2D eigenvalue weighted by Gasteiger charge is 2.46. The lowest BCUT2D eigenvalue weighted by molar-refractivity contribution is -0.159. The van der Waals surface area contributed by atoms with Crippen molar-refractivity contribution in [3.05, 3.63) is 98.3 Å². The number of amides is 1. The number of aromatic nitrogens is 1. The van der Waals surface area contributed by atoms with Gasteiger partial charge in [0, 0.05) is 48.0 Å². The molecule has 340 valence electrons. The number of benzene rings is 3. The summed E-state index contributed by atoms with van der Waals surface area (Å²) < 4.78 is 19.0. The van der Waals surface area contributed by atoms with Crippen molar-refractivity contribution in [3.8, 4) is 11.5 Å². The topological polar surface area (TPSA) is 142 Å². The van der Waals surface area contributed by atoms with Crippen LogP contribution in [0.25, 0.3) is 10.9 Å². The maximum Gasteiger partial charge on any atom is 0.316 e. The molecule has 1 aliphatic carbocycles. The summed E-state index contributed by atoms with van der Waals surface area (Å²) in [5, 5.41) is 18.2. The van der Waals surface area contributed by atoms with Crippen molar-refractivity contribution in [1.82, 2.24) is 15.2 Å². The monoisotopic (exact) mass is 898 g/mol. The van der Waals surface area contributed by atoms with Gasteiger partial charge in [-0.15, -0.1) is 0 Å². The Labute approximate surface area is 378 Å². The Kier molecular flexibility index (Phi) is 14.5. The van der Waals surface area contributed by atoms with Crippen molar-refractivity contribution in [2.24, 2.45) is 5.41 Å². The zero-order valence-electron chi connectivity index (χ0n) is 38.1. The zero-order valence-corrected chi connectivity index (χ0v) is 39.8. The van der Waals surface area contributed by atoms with Gasteiger partial charge in [-0.25, -0.2) is 0 Å². The number of ether oxygens (including phenoxy) is 2. The number of carbonyl (C=O) groups excluding carboxylic acids is 2. The molecule has 3 aliphatic heterocycles. The van der Waals surface area contributed by atoms with E-state index in [2.05, 4.69) is 72.6 Å². The number of nitrogens with zero attached hydrogens (tertiary/aromatic N) is 1. The number of aryl methyl sites for hydroxylation is 1. The molecule has 1 aromatic heterocycles. The van der Waals surface area contributed by atoms with Gasteiger partial charge in [0.05, 0.1) is 41.5 Å². The second-order valence-electron chi connectivity index (χ2n) is 19.8. The fourth-order valence-electron chi connectivity index (χ4n) is 9.57. The normalized spacial score (nSPS) is 20.3. The third kappa shape index (κ3) is 10.7. The van der Waals surface area contributed by atoms with Gasteiger partial charge >= 0.3 is 5.97 Å². The summed E-state index contributed by atoms with van der Waals surface area (Å²) >= 11 is 6.80. The summed E-state index contributed by atoms with van der Waals surface area (Å²) in [6.07, 6.45) is 9.37. The first-order chi connectivity index (χ1) is 30.0. The number of methoxy groups -OCH3 is 1. The first-order valence-electron chi connectivity index (χ1n) is 22.9. The van der Waals surface area contributed by atoms with Crippen LogP contribution in [0.5, 0.6) is 11.5 Å². The Hall–Kier alpha value is -4.20. The Morgan fingerprint density at radius 1 is 0.968 bits per heavy atom. The van der Waals surface area contributed by atoms with Crippen LogP contribution >= 0.6 is 11.6 Å². The minimum Gasteiger partial charge on any atom is -0.506 e. The van der Waals surface area contributed by atoms with Crippen LogP contribution in [0.4, 0.5) is 5.69 Å². The smallest absolute Gasteiger partial charge is 0.316 e. The number of pyridine rings is 1. The second kappa shape index (κ2) is 19.5. The van der Waals surface area contributed by atoms with E-state index in [1.165, 1.54) is 6.07 Å². The number of phenols is 1. The molecule has 2 bridgehead atoms. The van der Waals surface area contributed by atoms with Gasteiger partial charge in [0.2, 0.25) is 11.5 Å². The standard InChI is InChI=1S/C50H67ClN4O7Si/c1-48(2,3)63(5,6)62-43(37-16-18-41(56)46-38(37)17-19-45(58)54-46)32-52-31-35-29-39(51)40(30-42(35)60-4)53-44(57)15-11-13-34-12-10-14-36(28-34)50(20-8-7-9-21-50)47(59)61-33-49-22-25-55(26-23-49)27-24-49/h10,12,14,16-19,28-30,43,52,56H,7-9,11,13,15,20-27,31-33H2,1-6H3,(H,53,57)(H,54,58)/t43-/m1/s1. The molecule has 4 fully saturated rings. The first kappa shape index (κ1) is 46.8. The van der Waals surface area contributed by atoms with Gasteiger partial charge in [0.15, 0.2) is 8.32 Å². The Bertz CT molecular complexity index is 2310. The molecule has 13 heteroatoms. The number of H-pyrrole nitrogens is 1. The number of phenolic OH excluding ortho intramolecular Hbond substituents is 1. The molecular weight excluding hydrogens is 832 g/mol. The molecule has 1 amide bonds.